The number of hydrogen-bond acceptors (Lipinski definition) is 4. The van der Waals surface area contributed by atoms with Gasteiger partial charge < -0.3 is 10.1 Å². The summed E-state index contributed by atoms with van der Waals surface area (Å²) >= 11 is 0. The third-order valence-electron chi connectivity index (χ3n) is 3.11. The van der Waals surface area contributed by atoms with Gasteiger partial charge in [-0.15, -0.1) is 0 Å². The van der Waals surface area contributed by atoms with E-state index in [4.69, 9.17) is 4.74 Å². The fourth-order valence-corrected chi connectivity index (χ4v) is 2.05. The van der Waals surface area contributed by atoms with Crippen LogP contribution in [0.15, 0.2) is 42.5 Å². The van der Waals surface area contributed by atoms with Gasteiger partial charge in [0.1, 0.15) is 11.4 Å². The molecule has 0 aliphatic heterocycles. The summed E-state index contributed by atoms with van der Waals surface area (Å²) in [5.41, 5.74) is 1.61. The molecule has 0 bridgehead atoms. The number of nitrogens with one attached hydrogen (secondary N) is 1. The lowest BCUT2D eigenvalue weighted by molar-refractivity contribution is -0.384. The zero-order chi connectivity index (χ0) is 15.2. The van der Waals surface area contributed by atoms with Gasteiger partial charge in [-0.05, 0) is 43.2 Å². The van der Waals surface area contributed by atoms with Crippen LogP contribution in [-0.2, 0) is 6.42 Å². The molecule has 2 rings (SSSR count). The first-order valence-corrected chi connectivity index (χ1v) is 6.93. The molecule has 5 heteroatoms. The zero-order valence-electron chi connectivity index (χ0n) is 12.1. The largest absolute Gasteiger partial charge is 0.450 e. The Kier molecular flexibility index (Phi) is 4.77. The van der Waals surface area contributed by atoms with Gasteiger partial charge in [0, 0.05) is 6.54 Å². The first kappa shape index (κ1) is 14.8. The van der Waals surface area contributed by atoms with Gasteiger partial charge in [-0.25, -0.2) is 0 Å². The SMILES string of the molecule is CCNc1cccc(Oc2ccc(CC)cc2)c1[N+](=O)[O-]. The second kappa shape index (κ2) is 6.74. The molecule has 0 saturated carbocycles. The highest BCUT2D eigenvalue weighted by atomic mass is 16.6. The Morgan fingerprint density at radius 3 is 2.43 bits per heavy atom. The van der Waals surface area contributed by atoms with Crippen molar-refractivity contribution in [1.29, 1.82) is 0 Å². The number of anilines is 1. The standard InChI is InChI=1S/C16H18N2O3/c1-3-12-8-10-13(11-9-12)21-15-7-5-6-14(17-4-2)16(15)18(19)20/h5-11,17H,3-4H2,1-2H3. The zero-order valence-corrected chi connectivity index (χ0v) is 12.1. The topological polar surface area (TPSA) is 64.4 Å². The third kappa shape index (κ3) is 3.51. The Balaban J connectivity index is 2.33. The highest BCUT2D eigenvalue weighted by molar-refractivity contribution is 5.68. The van der Waals surface area contributed by atoms with Gasteiger partial charge in [-0.1, -0.05) is 25.1 Å². The molecular formula is C16H18N2O3. The number of benzene rings is 2. The normalized spacial score (nSPS) is 10.2. The quantitative estimate of drug-likeness (QED) is 0.632. The lowest BCUT2D eigenvalue weighted by Gasteiger charge is -2.10. The maximum absolute atomic E-state index is 11.3. The van der Waals surface area contributed by atoms with Crippen molar-refractivity contribution in [3.63, 3.8) is 0 Å². The summed E-state index contributed by atoms with van der Waals surface area (Å²) in [4.78, 5) is 10.9. The molecule has 0 amide bonds. The van der Waals surface area contributed by atoms with Crippen LogP contribution in [0.5, 0.6) is 11.5 Å². The summed E-state index contributed by atoms with van der Waals surface area (Å²) in [6, 6.07) is 12.6. The van der Waals surface area contributed by atoms with Crippen molar-refractivity contribution in [2.45, 2.75) is 20.3 Å². The summed E-state index contributed by atoms with van der Waals surface area (Å²) in [7, 11) is 0. The molecule has 0 aromatic heterocycles. The van der Waals surface area contributed by atoms with Crippen molar-refractivity contribution < 1.29 is 9.66 Å². The van der Waals surface area contributed by atoms with Crippen molar-refractivity contribution in [3.8, 4) is 11.5 Å². The predicted molar refractivity (Wildman–Crippen MR) is 83.2 cm³/mol. The Morgan fingerprint density at radius 1 is 1.14 bits per heavy atom. The van der Waals surface area contributed by atoms with Gasteiger partial charge in [-0.2, -0.15) is 0 Å². The summed E-state index contributed by atoms with van der Waals surface area (Å²) in [5.74, 6) is 0.826. The number of para-hydroxylation sites is 1. The monoisotopic (exact) mass is 286 g/mol. The number of nitro benzene ring substituents is 1. The molecule has 110 valence electrons. The summed E-state index contributed by atoms with van der Waals surface area (Å²) in [6.07, 6.45) is 0.941. The molecule has 5 nitrogen and oxygen atoms in total. The van der Waals surface area contributed by atoms with Gasteiger partial charge >= 0.3 is 5.69 Å². The van der Waals surface area contributed by atoms with E-state index in [1.54, 1.807) is 18.2 Å². The molecule has 0 heterocycles. The van der Waals surface area contributed by atoms with E-state index in [-0.39, 0.29) is 11.4 Å². The summed E-state index contributed by atoms with van der Waals surface area (Å²) in [6.45, 7) is 4.57. The molecular weight excluding hydrogens is 268 g/mol. The van der Waals surface area contributed by atoms with Crippen LogP contribution in [0.25, 0.3) is 0 Å². The van der Waals surface area contributed by atoms with Gasteiger partial charge in [0.25, 0.3) is 0 Å². The average Bonchev–Trinajstić information content (AvgIpc) is 2.48. The molecule has 0 atom stereocenters. The lowest BCUT2D eigenvalue weighted by Crippen LogP contribution is -2.02. The molecule has 0 spiro atoms. The molecule has 1 N–H and O–H groups in total. The van der Waals surface area contributed by atoms with Crippen molar-refractivity contribution in [2.24, 2.45) is 0 Å². The Hall–Kier alpha value is -2.56. The van der Waals surface area contributed by atoms with Gasteiger partial charge in [0.15, 0.2) is 0 Å². The number of ether oxygens (including phenoxy) is 1. The van der Waals surface area contributed by atoms with Crippen LogP contribution in [0.4, 0.5) is 11.4 Å². The van der Waals surface area contributed by atoms with Crippen molar-refractivity contribution in [2.75, 3.05) is 11.9 Å². The number of nitrogens with zero attached hydrogens (tertiary/aromatic N) is 1. The third-order valence-corrected chi connectivity index (χ3v) is 3.11. The molecule has 0 saturated heterocycles. The Bertz CT molecular complexity index is 624. The molecule has 2 aromatic rings. The van der Waals surface area contributed by atoms with Crippen molar-refractivity contribution in [1.82, 2.24) is 0 Å². The Morgan fingerprint density at radius 2 is 1.86 bits per heavy atom. The smallest absolute Gasteiger partial charge is 0.334 e. The molecule has 21 heavy (non-hydrogen) atoms. The molecule has 0 radical (unpaired) electrons. The van der Waals surface area contributed by atoms with Gasteiger partial charge in [0.2, 0.25) is 5.75 Å². The second-order valence-corrected chi connectivity index (χ2v) is 4.54. The van der Waals surface area contributed by atoms with E-state index in [2.05, 4.69) is 12.2 Å². The first-order valence-electron chi connectivity index (χ1n) is 6.93. The van der Waals surface area contributed by atoms with Crippen LogP contribution >= 0.6 is 0 Å². The van der Waals surface area contributed by atoms with Crippen LogP contribution in [0, 0.1) is 10.1 Å². The molecule has 2 aromatic carbocycles. The fourth-order valence-electron chi connectivity index (χ4n) is 2.05. The van der Waals surface area contributed by atoms with E-state index in [1.807, 2.05) is 31.2 Å². The van der Waals surface area contributed by atoms with E-state index in [0.29, 0.717) is 18.0 Å². The highest BCUT2D eigenvalue weighted by Crippen LogP contribution is 2.37. The fraction of sp³-hybridized carbons (Fsp3) is 0.250. The summed E-state index contributed by atoms with van der Waals surface area (Å²) in [5, 5.41) is 14.3. The lowest BCUT2D eigenvalue weighted by atomic mass is 10.2. The van der Waals surface area contributed by atoms with E-state index in [9.17, 15) is 10.1 Å². The van der Waals surface area contributed by atoms with Crippen LogP contribution in [-0.4, -0.2) is 11.5 Å². The number of rotatable bonds is 6. The minimum absolute atomic E-state index is 0.0427. The molecule has 0 unspecified atom stereocenters. The maximum atomic E-state index is 11.3. The van der Waals surface area contributed by atoms with E-state index in [0.717, 1.165) is 6.42 Å². The van der Waals surface area contributed by atoms with Gasteiger partial charge in [0.05, 0.1) is 4.92 Å². The Labute approximate surface area is 123 Å². The highest BCUT2D eigenvalue weighted by Gasteiger charge is 2.21. The second-order valence-electron chi connectivity index (χ2n) is 4.54. The van der Waals surface area contributed by atoms with E-state index in [1.165, 1.54) is 5.56 Å². The van der Waals surface area contributed by atoms with Gasteiger partial charge in [-0.3, -0.25) is 10.1 Å². The first-order chi connectivity index (χ1) is 10.2. The van der Waals surface area contributed by atoms with Crippen LogP contribution in [0.3, 0.4) is 0 Å². The molecule has 0 aliphatic rings. The number of nitro groups is 1. The minimum atomic E-state index is -0.423. The van der Waals surface area contributed by atoms with E-state index < -0.39 is 4.92 Å². The van der Waals surface area contributed by atoms with Crippen molar-refractivity contribution >= 4 is 11.4 Å². The van der Waals surface area contributed by atoms with Crippen LogP contribution < -0.4 is 10.1 Å². The molecule has 0 fully saturated rings. The minimum Gasteiger partial charge on any atom is -0.450 e. The molecule has 0 aliphatic carbocycles. The number of hydrogen-bond donors (Lipinski definition) is 1. The number of aryl methyl sites for hydroxylation is 1. The summed E-state index contributed by atoms with van der Waals surface area (Å²) < 4.78 is 5.68. The predicted octanol–water partition coefficient (Wildman–Crippen LogP) is 4.38. The van der Waals surface area contributed by atoms with Crippen LogP contribution in [0.1, 0.15) is 19.4 Å². The average molecular weight is 286 g/mol. The maximum Gasteiger partial charge on any atom is 0.334 e. The van der Waals surface area contributed by atoms with Crippen LogP contribution in [0.2, 0.25) is 0 Å². The van der Waals surface area contributed by atoms with Crippen molar-refractivity contribution in [3.05, 3.63) is 58.1 Å². The van der Waals surface area contributed by atoms with E-state index >= 15 is 0 Å².